The summed E-state index contributed by atoms with van der Waals surface area (Å²) in [6, 6.07) is 9.46. The Bertz CT molecular complexity index is 2060. The summed E-state index contributed by atoms with van der Waals surface area (Å²) in [5.74, 6) is -7.04. The van der Waals surface area contributed by atoms with Gasteiger partial charge in [-0.3, -0.25) is 38.4 Å². The van der Waals surface area contributed by atoms with Gasteiger partial charge in [-0.15, -0.1) is 0 Å². The van der Waals surface area contributed by atoms with Gasteiger partial charge in [-0.2, -0.15) is 0 Å². The normalized spacial score (nSPS) is 21.5. The summed E-state index contributed by atoms with van der Waals surface area (Å²) in [6.45, 7) is 0.395. The monoisotopic (exact) mass is 860 g/mol. The highest BCUT2D eigenvalue weighted by molar-refractivity contribution is 5.97. The number of carboxylic acids is 1. The predicted octanol–water partition coefficient (Wildman–Crippen LogP) is -1.47. The van der Waals surface area contributed by atoms with Gasteiger partial charge in [-0.05, 0) is 62.3 Å². The number of hydrogen-bond donors (Lipinski definition) is 11. The molecule has 0 aliphatic carbocycles. The summed E-state index contributed by atoms with van der Waals surface area (Å²) in [5, 5.41) is 31.2. The van der Waals surface area contributed by atoms with Gasteiger partial charge in [0.05, 0.1) is 13.1 Å². The lowest BCUT2D eigenvalue weighted by Crippen LogP contribution is -2.58. The summed E-state index contributed by atoms with van der Waals surface area (Å²) < 4.78 is 0. The molecule has 3 unspecified atom stereocenters. The lowest BCUT2D eigenvalue weighted by molar-refractivity contribution is -0.142. The first-order chi connectivity index (χ1) is 29.7. The van der Waals surface area contributed by atoms with Crippen molar-refractivity contribution in [1.82, 2.24) is 47.5 Å². The van der Waals surface area contributed by atoms with Gasteiger partial charge in [0.2, 0.25) is 47.3 Å². The van der Waals surface area contributed by atoms with Crippen molar-refractivity contribution >= 4 is 64.1 Å². The molecule has 0 bridgehead atoms. The summed E-state index contributed by atoms with van der Waals surface area (Å²) in [5.41, 5.74) is 7.79. The Hall–Kier alpha value is -6.83. The van der Waals surface area contributed by atoms with E-state index in [2.05, 4.69) is 47.5 Å². The molecule has 2 heterocycles. The molecule has 20 nitrogen and oxygen atoms in total. The number of carboxylic acid groups (broad SMARTS) is 1. The molecule has 1 saturated heterocycles. The Balaban J connectivity index is 1.65. The number of amides is 8. The Morgan fingerprint density at radius 3 is 2.18 bits per heavy atom. The van der Waals surface area contributed by atoms with Crippen molar-refractivity contribution in [3.8, 4) is 0 Å². The second kappa shape index (κ2) is 24.4. The zero-order valence-corrected chi connectivity index (χ0v) is 34.6. The number of fused-ring (bicyclic) bond motifs is 1. The number of carbonyl (C=O) groups excluding carboxylic acids is 8. The van der Waals surface area contributed by atoms with Crippen LogP contribution in [0.5, 0.6) is 0 Å². The van der Waals surface area contributed by atoms with Gasteiger partial charge in [0.15, 0.2) is 0 Å². The van der Waals surface area contributed by atoms with Crippen molar-refractivity contribution in [3.05, 3.63) is 71.9 Å². The van der Waals surface area contributed by atoms with E-state index in [9.17, 15) is 48.3 Å². The molecule has 62 heavy (non-hydrogen) atoms. The number of aromatic nitrogens is 1. The third kappa shape index (κ3) is 15.6. The first-order valence-corrected chi connectivity index (χ1v) is 20.5. The van der Waals surface area contributed by atoms with E-state index >= 15 is 0 Å². The number of benzene rings is 2. The molecule has 1 fully saturated rings. The Labute approximate surface area is 358 Å². The van der Waals surface area contributed by atoms with Crippen LogP contribution < -0.4 is 48.3 Å². The third-order valence-electron chi connectivity index (χ3n) is 10.1. The number of para-hydroxylation sites is 1. The molecule has 1 aliphatic rings. The molecule has 0 spiro atoms. The maximum Gasteiger partial charge on any atom is 0.326 e. The number of nitrogens with two attached hydrogens (primary N) is 1. The highest BCUT2D eigenvalue weighted by Crippen LogP contribution is 2.19. The Kier molecular flexibility index (Phi) is 18.9. The minimum absolute atomic E-state index is 0.00697. The minimum Gasteiger partial charge on any atom is -0.480 e. The Morgan fingerprint density at radius 1 is 0.758 bits per heavy atom. The fourth-order valence-corrected chi connectivity index (χ4v) is 6.78. The van der Waals surface area contributed by atoms with Crippen molar-refractivity contribution in [2.45, 2.75) is 94.9 Å². The number of aromatic amines is 1. The van der Waals surface area contributed by atoms with Gasteiger partial charge in [-0.1, -0.05) is 48.5 Å². The van der Waals surface area contributed by atoms with E-state index in [0.29, 0.717) is 30.5 Å². The zero-order valence-electron chi connectivity index (χ0n) is 34.6. The number of nitrogens with one attached hydrogen (secondary N) is 9. The van der Waals surface area contributed by atoms with E-state index in [0.717, 1.165) is 10.9 Å². The van der Waals surface area contributed by atoms with E-state index < -0.39 is 96.5 Å². The van der Waals surface area contributed by atoms with Gasteiger partial charge in [-0.25, -0.2) is 4.79 Å². The highest BCUT2D eigenvalue weighted by Gasteiger charge is 2.32. The summed E-state index contributed by atoms with van der Waals surface area (Å²) in [6.07, 6.45) is 2.07. The molecule has 0 radical (unpaired) electrons. The molecule has 1 aliphatic heterocycles. The average Bonchev–Trinajstić information content (AvgIpc) is 3.65. The third-order valence-corrected chi connectivity index (χ3v) is 10.1. The number of unbranched alkanes of at least 4 members (excludes halogenated alkanes) is 1. The zero-order chi connectivity index (χ0) is 45.0. The van der Waals surface area contributed by atoms with Crippen LogP contribution in [0.15, 0.2) is 60.8 Å². The molecule has 3 aromatic rings. The summed E-state index contributed by atoms with van der Waals surface area (Å²) in [4.78, 5) is 121. The van der Waals surface area contributed by atoms with Crippen LogP contribution in [0, 0.1) is 0 Å². The quantitative estimate of drug-likeness (QED) is 0.0935. The summed E-state index contributed by atoms with van der Waals surface area (Å²) >= 11 is 0. The molecule has 4 rings (SSSR count). The number of rotatable bonds is 12. The van der Waals surface area contributed by atoms with Crippen LogP contribution in [-0.4, -0.2) is 120 Å². The maximum atomic E-state index is 14.0. The van der Waals surface area contributed by atoms with Crippen LogP contribution >= 0.6 is 0 Å². The Morgan fingerprint density at radius 2 is 1.45 bits per heavy atom. The maximum absolute atomic E-state index is 14.0. The second-order valence-electron chi connectivity index (χ2n) is 15.0. The van der Waals surface area contributed by atoms with E-state index in [1.807, 2.05) is 18.2 Å². The van der Waals surface area contributed by atoms with Gasteiger partial charge in [0, 0.05) is 49.8 Å². The molecular formula is C42H56N10O10. The number of carbonyl (C=O) groups is 9. The van der Waals surface area contributed by atoms with E-state index in [-0.39, 0.29) is 51.5 Å². The molecule has 2 aromatic carbocycles. The van der Waals surface area contributed by atoms with Gasteiger partial charge < -0.3 is 58.4 Å². The van der Waals surface area contributed by atoms with E-state index in [4.69, 9.17) is 5.73 Å². The number of hydrogen-bond acceptors (Lipinski definition) is 10. The average molecular weight is 861 g/mol. The SMILES string of the molecule is CC(=O)NCC(=O)NC1CCC(=O)NCCCC(C(=O)O)NC(=O)[C@H](Cc2c[nH]c3ccccc23)NC(=O)CNC(=O)C(Cc2ccccc2)NC(=O)[C@H](CCCCN)NC1=O. The van der Waals surface area contributed by atoms with Crippen molar-refractivity contribution in [3.63, 3.8) is 0 Å². The fourth-order valence-electron chi connectivity index (χ4n) is 6.78. The standard InChI is InChI=1S/C42H56N10O10/c1-25(53)45-23-36(55)48-31-16-17-35(54)44-19-9-15-32(42(61)62)51-41(60)34(21-27-22-46-29-13-6-5-12-28(27)29)49-37(56)24-47-38(57)33(20-26-10-3-2-4-11-26)52-39(58)30(50-40(31)59)14-7-8-18-43/h2-6,10-13,22,30-34,46H,7-9,14-21,23-24,43H2,1H3,(H,44,54)(H,45,53)(H,47,57)(H,48,55)(H,49,56)(H,50,59)(H,51,60)(H,52,58)(H,61,62)/t30-,31?,32?,33?,34-/m0/s1. The van der Waals surface area contributed by atoms with Crippen molar-refractivity contribution in [2.24, 2.45) is 5.73 Å². The molecule has 334 valence electrons. The van der Waals surface area contributed by atoms with Crippen LogP contribution in [0.3, 0.4) is 0 Å². The van der Waals surface area contributed by atoms with Gasteiger partial charge in [0.1, 0.15) is 30.2 Å². The first-order valence-electron chi connectivity index (χ1n) is 20.5. The van der Waals surface area contributed by atoms with Crippen molar-refractivity contribution < 1.29 is 48.3 Å². The van der Waals surface area contributed by atoms with Crippen LogP contribution in [0.4, 0.5) is 0 Å². The number of H-pyrrole nitrogens is 1. The van der Waals surface area contributed by atoms with E-state index in [1.54, 1.807) is 42.6 Å². The van der Waals surface area contributed by atoms with Crippen LogP contribution in [0.2, 0.25) is 0 Å². The summed E-state index contributed by atoms with van der Waals surface area (Å²) in [7, 11) is 0. The molecule has 0 saturated carbocycles. The molecule has 5 atom stereocenters. The van der Waals surface area contributed by atoms with E-state index in [1.165, 1.54) is 6.92 Å². The largest absolute Gasteiger partial charge is 0.480 e. The second-order valence-corrected chi connectivity index (χ2v) is 15.0. The van der Waals surface area contributed by atoms with Gasteiger partial charge >= 0.3 is 5.97 Å². The topological polar surface area (TPSA) is 312 Å². The molecule has 12 N–H and O–H groups in total. The highest BCUT2D eigenvalue weighted by atomic mass is 16.4. The molecule has 1 aromatic heterocycles. The molecular weight excluding hydrogens is 805 g/mol. The van der Waals surface area contributed by atoms with Crippen LogP contribution in [-0.2, 0) is 56.0 Å². The lowest BCUT2D eigenvalue weighted by atomic mass is 10.0. The lowest BCUT2D eigenvalue weighted by Gasteiger charge is -2.26. The van der Waals surface area contributed by atoms with Crippen LogP contribution in [0.1, 0.15) is 63.0 Å². The van der Waals surface area contributed by atoms with Crippen LogP contribution in [0.25, 0.3) is 10.9 Å². The van der Waals surface area contributed by atoms with Crippen molar-refractivity contribution in [2.75, 3.05) is 26.2 Å². The number of aliphatic carboxylic acids is 1. The molecule has 20 heteroatoms. The fraction of sp³-hybridized carbons (Fsp3) is 0.452. The minimum atomic E-state index is -1.41. The first kappa shape index (κ1) is 47.8. The molecule has 8 amide bonds. The van der Waals surface area contributed by atoms with Crippen molar-refractivity contribution in [1.29, 1.82) is 0 Å². The van der Waals surface area contributed by atoms with Gasteiger partial charge in [0.25, 0.3) is 0 Å². The predicted molar refractivity (Wildman–Crippen MR) is 226 cm³/mol. The smallest absolute Gasteiger partial charge is 0.326 e.